The summed E-state index contributed by atoms with van der Waals surface area (Å²) in [7, 11) is 1.79. The first-order chi connectivity index (χ1) is 11.7. The van der Waals surface area contributed by atoms with E-state index >= 15 is 0 Å². The highest BCUT2D eigenvalue weighted by molar-refractivity contribution is 6.29. The van der Waals surface area contributed by atoms with E-state index in [4.69, 9.17) is 11.6 Å². The van der Waals surface area contributed by atoms with Crippen molar-refractivity contribution in [3.63, 3.8) is 0 Å². The number of benzene rings is 1. The molecule has 1 unspecified atom stereocenters. The fourth-order valence-corrected chi connectivity index (χ4v) is 2.57. The van der Waals surface area contributed by atoms with Crippen molar-refractivity contribution in [2.45, 2.75) is 25.7 Å². The van der Waals surface area contributed by atoms with Crippen molar-refractivity contribution in [2.24, 2.45) is 4.99 Å². The van der Waals surface area contributed by atoms with Crippen LogP contribution in [0.2, 0.25) is 5.15 Å². The molecule has 1 aromatic carbocycles. The van der Waals surface area contributed by atoms with Crippen LogP contribution in [0.1, 0.15) is 30.4 Å². The quantitative estimate of drug-likeness (QED) is 0.458. The van der Waals surface area contributed by atoms with Crippen molar-refractivity contribution in [2.75, 3.05) is 20.1 Å². The van der Waals surface area contributed by atoms with Gasteiger partial charge >= 0.3 is 0 Å². The van der Waals surface area contributed by atoms with Gasteiger partial charge in [-0.15, -0.1) is 0 Å². The smallest absolute Gasteiger partial charge is 0.190 e. The van der Waals surface area contributed by atoms with Crippen LogP contribution in [0.3, 0.4) is 0 Å². The topological polar surface area (TPSA) is 49.3 Å². The fraction of sp³-hybridized carbons (Fsp3) is 0.368. The standard InChI is InChI=1S/C19H25ClN4/c1-15(17-6-4-3-5-7-17)10-12-22-19(21-2)23-13-11-16-8-9-18(20)24-14-16/h3-9,14-15H,10-13H2,1-2H3,(H2,21,22,23). The third-order valence-corrected chi connectivity index (χ3v) is 4.18. The zero-order valence-electron chi connectivity index (χ0n) is 14.3. The van der Waals surface area contributed by atoms with Crippen molar-refractivity contribution in [1.29, 1.82) is 0 Å². The van der Waals surface area contributed by atoms with Crippen LogP contribution in [0.15, 0.2) is 53.7 Å². The Labute approximate surface area is 149 Å². The molecule has 2 aromatic rings. The monoisotopic (exact) mass is 344 g/mol. The minimum Gasteiger partial charge on any atom is -0.356 e. The van der Waals surface area contributed by atoms with Crippen LogP contribution in [0.5, 0.6) is 0 Å². The first kappa shape index (κ1) is 18.3. The van der Waals surface area contributed by atoms with Crippen LogP contribution < -0.4 is 10.6 Å². The highest BCUT2D eigenvalue weighted by Crippen LogP contribution is 2.17. The number of nitrogens with one attached hydrogen (secondary N) is 2. The summed E-state index contributed by atoms with van der Waals surface area (Å²) in [6, 6.07) is 14.4. The number of hydrogen-bond donors (Lipinski definition) is 2. The molecule has 0 saturated carbocycles. The van der Waals surface area contributed by atoms with Crippen LogP contribution in [0.25, 0.3) is 0 Å². The summed E-state index contributed by atoms with van der Waals surface area (Å²) in [6.45, 7) is 3.94. The number of pyridine rings is 1. The molecule has 4 nitrogen and oxygen atoms in total. The number of aromatic nitrogens is 1. The third kappa shape index (κ3) is 6.20. The summed E-state index contributed by atoms with van der Waals surface area (Å²) in [5.41, 5.74) is 2.53. The molecule has 2 rings (SSSR count). The number of hydrogen-bond acceptors (Lipinski definition) is 2. The molecular weight excluding hydrogens is 320 g/mol. The van der Waals surface area contributed by atoms with E-state index < -0.39 is 0 Å². The highest BCUT2D eigenvalue weighted by atomic mass is 35.5. The van der Waals surface area contributed by atoms with E-state index in [0.717, 1.165) is 37.5 Å². The van der Waals surface area contributed by atoms with Crippen LogP contribution in [0.4, 0.5) is 0 Å². The van der Waals surface area contributed by atoms with Crippen molar-refractivity contribution in [1.82, 2.24) is 15.6 Å². The minimum atomic E-state index is 0.525. The zero-order chi connectivity index (χ0) is 17.2. The minimum absolute atomic E-state index is 0.525. The molecule has 0 amide bonds. The van der Waals surface area contributed by atoms with Gasteiger partial charge in [-0.1, -0.05) is 54.9 Å². The Hall–Kier alpha value is -2.07. The van der Waals surface area contributed by atoms with Gasteiger partial charge in [0.25, 0.3) is 0 Å². The fourth-order valence-electron chi connectivity index (χ4n) is 2.46. The molecular formula is C19H25ClN4. The van der Waals surface area contributed by atoms with Crippen molar-refractivity contribution >= 4 is 17.6 Å². The molecule has 1 heterocycles. The van der Waals surface area contributed by atoms with Gasteiger partial charge in [0.15, 0.2) is 5.96 Å². The molecule has 0 aliphatic carbocycles. The molecule has 0 aliphatic heterocycles. The Morgan fingerprint density at radius 2 is 1.88 bits per heavy atom. The number of halogens is 1. The van der Waals surface area contributed by atoms with E-state index in [1.54, 1.807) is 7.05 Å². The van der Waals surface area contributed by atoms with Gasteiger partial charge in [-0.25, -0.2) is 4.98 Å². The second-order valence-electron chi connectivity index (χ2n) is 5.77. The SMILES string of the molecule is CN=C(NCCc1ccc(Cl)nc1)NCCC(C)c1ccccc1. The molecule has 0 radical (unpaired) electrons. The number of rotatable bonds is 7. The Kier molecular flexibility index (Phi) is 7.56. The van der Waals surface area contributed by atoms with Crippen LogP contribution >= 0.6 is 11.6 Å². The van der Waals surface area contributed by atoms with Gasteiger partial charge in [-0.2, -0.15) is 0 Å². The third-order valence-electron chi connectivity index (χ3n) is 3.96. The number of nitrogens with zero attached hydrogens (tertiary/aromatic N) is 2. The van der Waals surface area contributed by atoms with E-state index in [9.17, 15) is 0 Å². The van der Waals surface area contributed by atoms with E-state index in [-0.39, 0.29) is 0 Å². The first-order valence-electron chi connectivity index (χ1n) is 8.29. The van der Waals surface area contributed by atoms with Crippen molar-refractivity contribution < 1.29 is 0 Å². The lowest BCUT2D eigenvalue weighted by Crippen LogP contribution is -2.39. The molecule has 5 heteroatoms. The Morgan fingerprint density at radius 1 is 1.12 bits per heavy atom. The van der Waals surface area contributed by atoms with E-state index in [1.807, 2.05) is 18.3 Å². The zero-order valence-corrected chi connectivity index (χ0v) is 15.1. The Balaban J connectivity index is 1.68. The van der Waals surface area contributed by atoms with Crippen LogP contribution in [0, 0.1) is 0 Å². The average Bonchev–Trinajstić information content (AvgIpc) is 2.62. The maximum Gasteiger partial charge on any atom is 0.190 e. The predicted octanol–water partition coefficient (Wildman–Crippen LogP) is 3.64. The number of aliphatic imine (C=N–C) groups is 1. The maximum atomic E-state index is 5.79. The van der Waals surface area contributed by atoms with Gasteiger partial charge < -0.3 is 10.6 Å². The van der Waals surface area contributed by atoms with Gasteiger partial charge in [0.05, 0.1) is 0 Å². The lowest BCUT2D eigenvalue weighted by atomic mass is 9.98. The molecule has 0 bridgehead atoms. The molecule has 1 aromatic heterocycles. The summed E-state index contributed by atoms with van der Waals surface area (Å²) < 4.78 is 0. The van der Waals surface area contributed by atoms with Crippen molar-refractivity contribution in [3.8, 4) is 0 Å². The largest absolute Gasteiger partial charge is 0.356 e. The normalized spacial score (nSPS) is 12.7. The van der Waals surface area contributed by atoms with Gasteiger partial charge in [-0.05, 0) is 36.0 Å². The van der Waals surface area contributed by atoms with Crippen LogP contribution in [-0.4, -0.2) is 31.1 Å². The van der Waals surface area contributed by atoms with Gasteiger partial charge in [0, 0.05) is 26.3 Å². The van der Waals surface area contributed by atoms with E-state index in [0.29, 0.717) is 11.1 Å². The lowest BCUT2D eigenvalue weighted by Gasteiger charge is -2.15. The first-order valence-corrected chi connectivity index (χ1v) is 8.66. The summed E-state index contributed by atoms with van der Waals surface area (Å²) >= 11 is 5.79. The molecule has 0 spiro atoms. The maximum absolute atomic E-state index is 5.79. The molecule has 128 valence electrons. The van der Waals surface area contributed by atoms with Gasteiger partial charge in [-0.3, -0.25) is 4.99 Å². The summed E-state index contributed by atoms with van der Waals surface area (Å²) in [5.74, 6) is 1.36. The average molecular weight is 345 g/mol. The summed E-state index contributed by atoms with van der Waals surface area (Å²) in [5, 5.41) is 7.22. The molecule has 2 N–H and O–H groups in total. The Bertz CT molecular complexity index is 626. The molecule has 1 atom stereocenters. The second kappa shape index (κ2) is 9.93. The summed E-state index contributed by atoms with van der Waals surface area (Å²) in [6.07, 6.45) is 3.75. The molecule has 24 heavy (non-hydrogen) atoms. The lowest BCUT2D eigenvalue weighted by molar-refractivity contribution is 0.651. The molecule has 0 saturated heterocycles. The van der Waals surface area contributed by atoms with Crippen LogP contribution in [-0.2, 0) is 6.42 Å². The number of guanidine groups is 1. The molecule has 0 aliphatic rings. The highest BCUT2D eigenvalue weighted by Gasteiger charge is 2.05. The molecule has 0 fully saturated rings. The van der Waals surface area contributed by atoms with Crippen molar-refractivity contribution in [3.05, 3.63) is 64.9 Å². The van der Waals surface area contributed by atoms with Gasteiger partial charge in [0.1, 0.15) is 5.15 Å². The van der Waals surface area contributed by atoms with E-state index in [2.05, 4.69) is 57.9 Å². The van der Waals surface area contributed by atoms with E-state index in [1.165, 1.54) is 5.56 Å². The Morgan fingerprint density at radius 3 is 2.54 bits per heavy atom. The predicted molar refractivity (Wildman–Crippen MR) is 102 cm³/mol. The summed E-state index contributed by atoms with van der Waals surface area (Å²) in [4.78, 5) is 8.35. The second-order valence-corrected chi connectivity index (χ2v) is 6.15. The van der Waals surface area contributed by atoms with Gasteiger partial charge in [0.2, 0.25) is 0 Å².